The Morgan fingerprint density at radius 1 is 1.14 bits per heavy atom. The maximum Gasteiger partial charge on any atom is 0.286 e. The number of methoxy groups -OCH3 is 2. The largest absolute Gasteiger partial charge is 0.493 e. The number of ether oxygens (including phenoxy) is 2. The van der Waals surface area contributed by atoms with Crippen molar-refractivity contribution >= 4 is 23.2 Å². The molecule has 154 valence electrons. The first kappa shape index (κ1) is 21.7. The van der Waals surface area contributed by atoms with Gasteiger partial charge in [0, 0.05) is 18.8 Å². The van der Waals surface area contributed by atoms with Crippen molar-refractivity contribution < 1.29 is 24.0 Å². The molecule has 2 amide bonds. The fourth-order valence-electron chi connectivity index (χ4n) is 2.76. The molecule has 0 heterocycles. The highest BCUT2D eigenvalue weighted by Gasteiger charge is 2.27. The number of nitrogens with zero attached hydrogens (tertiary/aromatic N) is 2. The minimum absolute atomic E-state index is 0.131. The summed E-state index contributed by atoms with van der Waals surface area (Å²) in [6.07, 6.45) is 0. The van der Waals surface area contributed by atoms with Crippen LogP contribution in [0.4, 0.5) is 11.4 Å². The molecule has 0 spiro atoms. The Morgan fingerprint density at radius 2 is 1.76 bits per heavy atom. The second-order valence-electron chi connectivity index (χ2n) is 6.44. The smallest absolute Gasteiger partial charge is 0.286 e. The number of aryl methyl sites for hydroxylation is 1. The number of benzene rings is 2. The van der Waals surface area contributed by atoms with E-state index in [0.29, 0.717) is 5.69 Å². The Hall–Kier alpha value is -3.62. The average Bonchev–Trinajstić information content (AvgIpc) is 2.69. The normalized spacial score (nSPS) is 10.2. The van der Waals surface area contributed by atoms with E-state index >= 15 is 0 Å². The van der Waals surface area contributed by atoms with E-state index in [1.165, 1.54) is 27.3 Å². The molecule has 0 bridgehead atoms. The van der Waals surface area contributed by atoms with Crippen LogP contribution in [0.25, 0.3) is 0 Å². The van der Waals surface area contributed by atoms with Crippen LogP contribution in [0.15, 0.2) is 30.3 Å². The van der Waals surface area contributed by atoms with Crippen LogP contribution in [0.2, 0.25) is 0 Å². The number of hydrogen-bond acceptors (Lipinski definition) is 6. The first-order chi connectivity index (χ1) is 13.7. The molecule has 0 radical (unpaired) electrons. The lowest BCUT2D eigenvalue weighted by molar-refractivity contribution is -0.385. The number of carbonyl (C=O) groups is 2. The number of carbonyl (C=O) groups excluding carboxylic acids is 2. The maximum atomic E-state index is 12.8. The predicted molar refractivity (Wildman–Crippen MR) is 108 cm³/mol. The molecule has 2 aromatic carbocycles. The summed E-state index contributed by atoms with van der Waals surface area (Å²) in [5.41, 5.74) is 1.95. The number of nitrogens with one attached hydrogen (secondary N) is 1. The van der Waals surface area contributed by atoms with E-state index in [1.807, 2.05) is 26.0 Å². The standard InChI is InChI=1S/C20H23N3O6/c1-12-7-6-8-15(13(12)2)21-19(24)11-22(3)20(25)14-9-17(28-4)18(29-5)10-16(14)23(26)27/h6-10H,11H2,1-5H3,(H,21,24). The number of anilines is 1. The highest BCUT2D eigenvalue weighted by Crippen LogP contribution is 2.35. The molecule has 0 saturated carbocycles. The number of amides is 2. The third-order valence-electron chi connectivity index (χ3n) is 4.54. The van der Waals surface area contributed by atoms with E-state index < -0.39 is 22.4 Å². The lowest BCUT2D eigenvalue weighted by Crippen LogP contribution is -2.35. The number of nitro benzene ring substituents is 1. The zero-order valence-corrected chi connectivity index (χ0v) is 16.9. The summed E-state index contributed by atoms with van der Waals surface area (Å²) in [6.45, 7) is 3.53. The van der Waals surface area contributed by atoms with Gasteiger partial charge in [0.05, 0.1) is 31.8 Å². The van der Waals surface area contributed by atoms with E-state index in [-0.39, 0.29) is 23.6 Å². The average molecular weight is 401 g/mol. The summed E-state index contributed by atoms with van der Waals surface area (Å²) >= 11 is 0. The molecule has 0 aliphatic carbocycles. The highest BCUT2D eigenvalue weighted by atomic mass is 16.6. The van der Waals surface area contributed by atoms with E-state index in [4.69, 9.17) is 9.47 Å². The van der Waals surface area contributed by atoms with Crippen molar-refractivity contribution in [1.29, 1.82) is 0 Å². The second kappa shape index (κ2) is 9.05. The summed E-state index contributed by atoms with van der Waals surface area (Å²) in [7, 11) is 4.09. The van der Waals surface area contributed by atoms with E-state index in [0.717, 1.165) is 22.1 Å². The minimum Gasteiger partial charge on any atom is -0.493 e. The SMILES string of the molecule is COc1cc(C(=O)N(C)CC(=O)Nc2cccc(C)c2C)c([N+](=O)[O-])cc1OC. The second-order valence-corrected chi connectivity index (χ2v) is 6.44. The fourth-order valence-corrected chi connectivity index (χ4v) is 2.76. The van der Waals surface area contributed by atoms with Crippen LogP contribution in [-0.4, -0.2) is 49.4 Å². The first-order valence-electron chi connectivity index (χ1n) is 8.71. The van der Waals surface area contributed by atoms with E-state index in [2.05, 4.69) is 5.32 Å². The topological polar surface area (TPSA) is 111 Å². The zero-order valence-electron chi connectivity index (χ0n) is 16.9. The summed E-state index contributed by atoms with van der Waals surface area (Å²) in [5, 5.41) is 14.2. The summed E-state index contributed by atoms with van der Waals surface area (Å²) in [4.78, 5) is 37.0. The van der Waals surface area contributed by atoms with E-state index in [1.54, 1.807) is 6.07 Å². The minimum atomic E-state index is -0.686. The van der Waals surface area contributed by atoms with Crippen LogP contribution in [0.1, 0.15) is 21.5 Å². The molecule has 1 N–H and O–H groups in total. The number of likely N-dealkylation sites (N-methyl/N-ethyl adjacent to an activating group) is 1. The number of rotatable bonds is 7. The Balaban J connectivity index is 2.24. The summed E-state index contributed by atoms with van der Waals surface area (Å²) in [5.74, 6) is -0.799. The summed E-state index contributed by atoms with van der Waals surface area (Å²) in [6, 6.07) is 7.87. The molecule has 9 heteroatoms. The number of hydrogen-bond donors (Lipinski definition) is 1. The van der Waals surface area contributed by atoms with Gasteiger partial charge in [-0.1, -0.05) is 12.1 Å². The molecule has 0 saturated heterocycles. The van der Waals surface area contributed by atoms with Gasteiger partial charge in [-0.15, -0.1) is 0 Å². The van der Waals surface area contributed by atoms with Crippen LogP contribution in [0, 0.1) is 24.0 Å². The monoisotopic (exact) mass is 401 g/mol. The van der Waals surface area contributed by atoms with Gasteiger partial charge in [-0.2, -0.15) is 0 Å². The Bertz CT molecular complexity index is 957. The van der Waals surface area contributed by atoms with Gasteiger partial charge in [-0.3, -0.25) is 19.7 Å². The quantitative estimate of drug-likeness (QED) is 0.564. The molecular formula is C20H23N3O6. The molecule has 0 aromatic heterocycles. The zero-order chi connectivity index (χ0) is 21.7. The van der Waals surface area contributed by atoms with Gasteiger partial charge in [0.15, 0.2) is 11.5 Å². The molecular weight excluding hydrogens is 378 g/mol. The van der Waals surface area contributed by atoms with Crippen LogP contribution in [-0.2, 0) is 4.79 Å². The van der Waals surface area contributed by atoms with Crippen molar-refractivity contribution in [3.05, 3.63) is 57.1 Å². The molecule has 0 fully saturated rings. The molecule has 0 unspecified atom stereocenters. The molecule has 0 atom stereocenters. The molecule has 29 heavy (non-hydrogen) atoms. The van der Waals surface area contributed by atoms with Crippen LogP contribution < -0.4 is 14.8 Å². The molecule has 9 nitrogen and oxygen atoms in total. The third-order valence-corrected chi connectivity index (χ3v) is 4.54. The van der Waals surface area contributed by atoms with Crippen LogP contribution >= 0.6 is 0 Å². The Labute approximate surface area is 168 Å². The van der Waals surface area contributed by atoms with Gasteiger partial charge in [0.25, 0.3) is 11.6 Å². The summed E-state index contributed by atoms with van der Waals surface area (Å²) < 4.78 is 10.2. The van der Waals surface area contributed by atoms with Gasteiger partial charge in [0.1, 0.15) is 5.56 Å². The van der Waals surface area contributed by atoms with Crippen molar-refractivity contribution in [2.45, 2.75) is 13.8 Å². The van der Waals surface area contributed by atoms with Crippen molar-refractivity contribution in [2.24, 2.45) is 0 Å². The maximum absolute atomic E-state index is 12.8. The first-order valence-corrected chi connectivity index (χ1v) is 8.71. The third kappa shape index (κ3) is 4.81. The van der Waals surface area contributed by atoms with E-state index in [9.17, 15) is 19.7 Å². The molecule has 0 aliphatic rings. The number of nitro groups is 1. The van der Waals surface area contributed by atoms with Crippen LogP contribution in [0.3, 0.4) is 0 Å². The van der Waals surface area contributed by atoms with Crippen molar-refractivity contribution in [1.82, 2.24) is 4.90 Å². The Morgan fingerprint density at radius 3 is 2.34 bits per heavy atom. The van der Waals surface area contributed by atoms with Crippen LogP contribution in [0.5, 0.6) is 11.5 Å². The van der Waals surface area contributed by atoms with Gasteiger partial charge >= 0.3 is 0 Å². The van der Waals surface area contributed by atoms with Gasteiger partial charge in [-0.25, -0.2) is 0 Å². The Kier molecular flexibility index (Phi) is 6.76. The van der Waals surface area contributed by atoms with Gasteiger partial charge in [-0.05, 0) is 31.0 Å². The van der Waals surface area contributed by atoms with Gasteiger partial charge in [0.2, 0.25) is 5.91 Å². The predicted octanol–water partition coefficient (Wildman–Crippen LogP) is 2.94. The molecule has 0 aliphatic heterocycles. The van der Waals surface area contributed by atoms with Gasteiger partial charge < -0.3 is 19.7 Å². The van der Waals surface area contributed by atoms with Crippen molar-refractivity contribution in [3.8, 4) is 11.5 Å². The molecule has 2 rings (SSSR count). The van der Waals surface area contributed by atoms with Crippen molar-refractivity contribution in [2.75, 3.05) is 33.1 Å². The lowest BCUT2D eigenvalue weighted by atomic mass is 10.1. The molecule has 2 aromatic rings. The lowest BCUT2D eigenvalue weighted by Gasteiger charge is -2.18. The highest BCUT2D eigenvalue weighted by molar-refractivity contribution is 6.02. The fraction of sp³-hybridized carbons (Fsp3) is 0.300. The van der Waals surface area contributed by atoms with Crippen molar-refractivity contribution in [3.63, 3.8) is 0 Å².